The van der Waals surface area contributed by atoms with E-state index in [9.17, 15) is 0 Å². The first-order valence-corrected chi connectivity index (χ1v) is 7.04. The lowest BCUT2D eigenvalue weighted by Crippen LogP contribution is -2.30. The number of para-hydroxylation sites is 1. The Labute approximate surface area is 113 Å². The van der Waals surface area contributed by atoms with Gasteiger partial charge in [-0.15, -0.1) is 11.6 Å². The van der Waals surface area contributed by atoms with Crippen molar-refractivity contribution in [3.8, 4) is 0 Å². The second-order valence-electron chi connectivity index (χ2n) is 4.91. The first-order chi connectivity index (χ1) is 8.88. The molecule has 2 aromatic rings. The maximum absolute atomic E-state index is 6.03. The van der Waals surface area contributed by atoms with Crippen LogP contribution in [0.3, 0.4) is 0 Å². The number of rotatable bonds is 3. The lowest BCUT2D eigenvalue weighted by Gasteiger charge is -2.22. The molecular weight excluding hydrogens is 244 g/mol. The average Bonchev–Trinajstić information content (AvgIpc) is 2.86. The number of alkyl halides is 1. The van der Waals surface area contributed by atoms with Crippen molar-refractivity contribution in [2.75, 3.05) is 12.4 Å². The molecule has 0 bridgehead atoms. The van der Waals surface area contributed by atoms with Crippen molar-refractivity contribution in [1.29, 1.82) is 0 Å². The van der Waals surface area contributed by atoms with Crippen LogP contribution in [0.1, 0.15) is 18.4 Å². The third-order valence-corrected chi connectivity index (χ3v) is 4.12. The van der Waals surface area contributed by atoms with Gasteiger partial charge < -0.3 is 0 Å². The van der Waals surface area contributed by atoms with E-state index in [2.05, 4.69) is 34.1 Å². The molecule has 1 aliphatic rings. The number of fused-ring (bicyclic) bond motifs is 1. The first-order valence-electron chi connectivity index (χ1n) is 6.51. The van der Waals surface area contributed by atoms with E-state index in [1.165, 1.54) is 23.8 Å². The smallest absolute Gasteiger partial charge is 0.0746 e. The van der Waals surface area contributed by atoms with Gasteiger partial charge in [0.1, 0.15) is 0 Å². The molecule has 1 aromatic carbocycles. The molecule has 2 heterocycles. The fraction of sp³-hybridized carbons (Fsp3) is 0.400. The van der Waals surface area contributed by atoms with Crippen molar-refractivity contribution < 1.29 is 0 Å². The Balaban J connectivity index is 1.90. The van der Waals surface area contributed by atoms with Crippen LogP contribution >= 0.6 is 11.6 Å². The van der Waals surface area contributed by atoms with E-state index < -0.39 is 0 Å². The SMILES string of the molecule is ClCC1CCCN1Cc1cccc2cccnc12. The normalized spacial score (nSPS) is 20.6. The van der Waals surface area contributed by atoms with E-state index in [4.69, 9.17) is 11.6 Å². The van der Waals surface area contributed by atoms with Gasteiger partial charge in [-0.1, -0.05) is 24.3 Å². The van der Waals surface area contributed by atoms with Crippen molar-refractivity contribution in [1.82, 2.24) is 9.88 Å². The number of likely N-dealkylation sites (tertiary alicyclic amines) is 1. The molecule has 18 heavy (non-hydrogen) atoms. The van der Waals surface area contributed by atoms with E-state index in [1.807, 2.05) is 12.3 Å². The summed E-state index contributed by atoms with van der Waals surface area (Å²) in [7, 11) is 0. The van der Waals surface area contributed by atoms with Crippen LogP contribution in [-0.4, -0.2) is 28.4 Å². The number of hydrogen-bond donors (Lipinski definition) is 0. The largest absolute Gasteiger partial charge is 0.295 e. The number of nitrogens with zero attached hydrogens (tertiary/aromatic N) is 2. The van der Waals surface area contributed by atoms with Crippen LogP contribution in [0.2, 0.25) is 0 Å². The van der Waals surface area contributed by atoms with Crippen molar-refractivity contribution in [2.24, 2.45) is 0 Å². The lowest BCUT2D eigenvalue weighted by atomic mass is 10.1. The third kappa shape index (κ3) is 2.23. The zero-order valence-electron chi connectivity index (χ0n) is 10.3. The maximum atomic E-state index is 6.03. The summed E-state index contributed by atoms with van der Waals surface area (Å²) in [5, 5.41) is 1.22. The predicted octanol–water partition coefficient (Wildman–Crippen LogP) is 3.44. The van der Waals surface area contributed by atoms with Crippen LogP contribution in [0.15, 0.2) is 36.5 Å². The Morgan fingerprint density at radius 2 is 2.17 bits per heavy atom. The Morgan fingerprint density at radius 1 is 1.28 bits per heavy atom. The minimum absolute atomic E-state index is 0.533. The first kappa shape index (κ1) is 11.9. The molecule has 1 saturated heterocycles. The highest BCUT2D eigenvalue weighted by molar-refractivity contribution is 6.18. The van der Waals surface area contributed by atoms with Gasteiger partial charge in [-0.2, -0.15) is 0 Å². The van der Waals surface area contributed by atoms with Crippen LogP contribution in [0, 0.1) is 0 Å². The second-order valence-corrected chi connectivity index (χ2v) is 5.22. The van der Waals surface area contributed by atoms with Gasteiger partial charge in [0.2, 0.25) is 0 Å². The summed E-state index contributed by atoms with van der Waals surface area (Å²) in [6.45, 7) is 2.12. The van der Waals surface area contributed by atoms with Crippen molar-refractivity contribution in [3.05, 3.63) is 42.1 Å². The Morgan fingerprint density at radius 3 is 3.06 bits per heavy atom. The Kier molecular flexibility index (Phi) is 3.48. The monoisotopic (exact) mass is 260 g/mol. The summed E-state index contributed by atoms with van der Waals surface area (Å²) in [4.78, 5) is 7.00. The van der Waals surface area contributed by atoms with Gasteiger partial charge in [0.05, 0.1) is 5.52 Å². The molecule has 94 valence electrons. The van der Waals surface area contributed by atoms with E-state index in [0.717, 1.165) is 24.5 Å². The molecule has 1 atom stereocenters. The summed E-state index contributed by atoms with van der Waals surface area (Å²) in [6.07, 6.45) is 4.35. The van der Waals surface area contributed by atoms with Crippen LogP contribution in [0.4, 0.5) is 0 Å². The summed E-state index contributed by atoms with van der Waals surface area (Å²) >= 11 is 6.03. The van der Waals surface area contributed by atoms with Gasteiger partial charge in [0.25, 0.3) is 0 Å². The van der Waals surface area contributed by atoms with Crippen LogP contribution < -0.4 is 0 Å². The summed E-state index contributed by atoms with van der Waals surface area (Å²) in [6, 6.07) is 11.1. The molecule has 1 fully saturated rings. The molecule has 1 unspecified atom stereocenters. The van der Waals surface area contributed by atoms with E-state index >= 15 is 0 Å². The number of pyridine rings is 1. The quantitative estimate of drug-likeness (QED) is 0.786. The molecule has 0 aliphatic carbocycles. The predicted molar refractivity (Wildman–Crippen MR) is 75.9 cm³/mol. The average molecular weight is 261 g/mol. The van der Waals surface area contributed by atoms with E-state index in [-0.39, 0.29) is 0 Å². The third-order valence-electron chi connectivity index (χ3n) is 3.77. The van der Waals surface area contributed by atoms with E-state index in [0.29, 0.717) is 6.04 Å². The second kappa shape index (κ2) is 5.25. The Bertz CT molecular complexity index is 536. The fourth-order valence-corrected chi connectivity index (χ4v) is 3.14. The van der Waals surface area contributed by atoms with Crippen LogP contribution in [-0.2, 0) is 6.54 Å². The summed E-state index contributed by atoms with van der Waals surface area (Å²) in [5.41, 5.74) is 2.44. The topological polar surface area (TPSA) is 16.1 Å². The minimum Gasteiger partial charge on any atom is -0.295 e. The molecule has 0 radical (unpaired) electrons. The number of halogens is 1. The summed E-state index contributed by atoms with van der Waals surface area (Å²) in [5.74, 6) is 0.734. The molecule has 1 aliphatic heterocycles. The Hall–Kier alpha value is -1.12. The van der Waals surface area contributed by atoms with Gasteiger partial charge in [-0.05, 0) is 31.0 Å². The standard InChI is InChI=1S/C15H17ClN2/c16-10-14-7-3-9-18(14)11-13-5-1-4-12-6-2-8-17-15(12)13/h1-2,4-6,8,14H,3,7,9-11H2. The molecule has 3 rings (SSSR count). The highest BCUT2D eigenvalue weighted by atomic mass is 35.5. The highest BCUT2D eigenvalue weighted by Crippen LogP contribution is 2.24. The zero-order valence-corrected chi connectivity index (χ0v) is 11.1. The molecule has 1 aromatic heterocycles. The van der Waals surface area contributed by atoms with Gasteiger partial charge in [-0.25, -0.2) is 0 Å². The van der Waals surface area contributed by atoms with Crippen LogP contribution in [0.25, 0.3) is 10.9 Å². The molecule has 2 nitrogen and oxygen atoms in total. The van der Waals surface area contributed by atoms with E-state index in [1.54, 1.807) is 0 Å². The number of benzene rings is 1. The molecule has 0 saturated carbocycles. The molecular formula is C15H17ClN2. The van der Waals surface area contributed by atoms with Gasteiger partial charge in [0.15, 0.2) is 0 Å². The van der Waals surface area contributed by atoms with Gasteiger partial charge in [0, 0.05) is 30.0 Å². The molecule has 0 spiro atoms. The molecule has 0 N–H and O–H groups in total. The van der Waals surface area contributed by atoms with Gasteiger partial charge in [-0.3, -0.25) is 9.88 Å². The minimum atomic E-state index is 0.533. The van der Waals surface area contributed by atoms with Crippen molar-refractivity contribution >= 4 is 22.5 Å². The lowest BCUT2D eigenvalue weighted by molar-refractivity contribution is 0.263. The zero-order chi connectivity index (χ0) is 12.4. The van der Waals surface area contributed by atoms with Crippen molar-refractivity contribution in [3.63, 3.8) is 0 Å². The maximum Gasteiger partial charge on any atom is 0.0746 e. The highest BCUT2D eigenvalue weighted by Gasteiger charge is 2.23. The fourth-order valence-electron chi connectivity index (χ4n) is 2.79. The van der Waals surface area contributed by atoms with Crippen molar-refractivity contribution in [2.45, 2.75) is 25.4 Å². The van der Waals surface area contributed by atoms with Gasteiger partial charge >= 0.3 is 0 Å². The molecule has 3 heteroatoms. The van der Waals surface area contributed by atoms with Crippen LogP contribution in [0.5, 0.6) is 0 Å². The summed E-state index contributed by atoms with van der Waals surface area (Å²) < 4.78 is 0. The number of aromatic nitrogens is 1. The number of hydrogen-bond acceptors (Lipinski definition) is 2. The molecule has 0 amide bonds.